The Bertz CT molecular complexity index is 150. The number of thioether (sulfide) groups is 1. The fraction of sp³-hybridized carbons (Fsp3) is 1.00. The summed E-state index contributed by atoms with van der Waals surface area (Å²) in [6.07, 6.45) is 15.5. The van der Waals surface area contributed by atoms with Crippen molar-refractivity contribution in [2.45, 2.75) is 89.7 Å². The minimum atomic E-state index is 0.751. The summed E-state index contributed by atoms with van der Waals surface area (Å²) in [7, 11) is 0. The van der Waals surface area contributed by atoms with Gasteiger partial charge in [-0.05, 0) is 18.6 Å². The smallest absolute Gasteiger partial charge is 0.0233 e. The first kappa shape index (κ1) is 18.6. The van der Waals surface area contributed by atoms with Crippen LogP contribution in [-0.2, 0) is 0 Å². The zero-order valence-corrected chi connectivity index (χ0v) is 14.1. The number of rotatable bonds is 14. The maximum atomic E-state index is 5.73. The highest BCUT2D eigenvalue weighted by Crippen LogP contribution is 2.17. The average molecular weight is 293 g/mol. The van der Waals surface area contributed by atoms with Crippen LogP contribution < -0.4 is 0 Å². The molecule has 0 amide bonds. The van der Waals surface area contributed by atoms with Crippen LogP contribution in [0.15, 0.2) is 0 Å². The highest BCUT2D eigenvalue weighted by Gasteiger charge is 2.00. The van der Waals surface area contributed by atoms with E-state index in [0.717, 1.165) is 17.6 Å². The van der Waals surface area contributed by atoms with Gasteiger partial charge >= 0.3 is 0 Å². The number of alkyl halides is 1. The normalized spacial score (nSPS) is 12.8. The molecule has 0 saturated carbocycles. The van der Waals surface area contributed by atoms with E-state index in [9.17, 15) is 0 Å². The van der Waals surface area contributed by atoms with Gasteiger partial charge in [0.25, 0.3) is 0 Å². The molecule has 0 saturated heterocycles. The lowest BCUT2D eigenvalue weighted by molar-refractivity contribution is 0.563. The maximum Gasteiger partial charge on any atom is 0.0233 e. The minimum absolute atomic E-state index is 0.751. The van der Waals surface area contributed by atoms with Gasteiger partial charge in [0.15, 0.2) is 0 Å². The largest absolute Gasteiger partial charge is 0.159 e. The Morgan fingerprint density at radius 2 is 1.33 bits per heavy atom. The third kappa shape index (κ3) is 14.7. The summed E-state index contributed by atoms with van der Waals surface area (Å²) in [5.41, 5.74) is 0. The second-order valence-corrected chi connectivity index (χ2v) is 7.27. The first-order chi connectivity index (χ1) is 8.81. The lowest BCUT2D eigenvalue weighted by Gasteiger charge is -2.08. The highest BCUT2D eigenvalue weighted by molar-refractivity contribution is 7.99. The standard InChI is InChI=1S/C16H33ClS/c1-3-4-5-6-7-8-9-10-11-12-15-18-16(2)13-14-17/h16H,3-15H2,1-2H3. The topological polar surface area (TPSA) is 0 Å². The van der Waals surface area contributed by atoms with Crippen molar-refractivity contribution >= 4 is 23.4 Å². The summed E-state index contributed by atoms with van der Waals surface area (Å²) in [5, 5.41) is 0.751. The summed E-state index contributed by atoms with van der Waals surface area (Å²) >= 11 is 7.82. The van der Waals surface area contributed by atoms with Crippen LogP contribution in [0, 0.1) is 0 Å². The van der Waals surface area contributed by atoms with Crippen LogP contribution >= 0.6 is 23.4 Å². The van der Waals surface area contributed by atoms with E-state index in [1.807, 2.05) is 0 Å². The monoisotopic (exact) mass is 292 g/mol. The fourth-order valence-electron chi connectivity index (χ4n) is 2.11. The molecule has 0 bridgehead atoms. The van der Waals surface area contributed by atoms with E-state index in [2.05, 4.69) is 25.6 Å². The van der Waals surface area contributed by atoms with Gasteiger partial charge in [-0.15, -0.1) is 11.6 Å². The summed E-state index contributed by atoms with van der Waals surface area (Å²) in [6, 6.07) is 0. The predicted molar refractivity (Wildman–Crippen MR) is 89.1 cm³/mol. The van der Waals surface area contributed by atoms with Crippen LogP contribution in [0.1, 0.15) is 84.5 Å². The molecule has 110 valence electrons. The third-order valence-electron chi connectivity index (χ3n) is 3.42. The summed E-state index contributed by atoms with van der Waals surface area (Å²) < 4.78 is 0. The first-order valence-corrected chi connectivity index (χ1v) is 9.57. The van der Waals surface area contributed by atoms with Crippen LogP contribution in [0.2, 0.25) is 0 Å². The van der Waals surface area contributed by atoms with Crippen molar-refractivity contribution in [1.82, 2.24) is 0 Å². The molecule has 0 fully saturated rings. The Balaban J connectivity index is 2.98. The molecule has 18 heavy (non-hydrogen) atoms. The van der Waals surface area contributed by atoms with Crippen LogP contribution in [0.25, 0.3) is 0 Å². The summed E-state index contributed by atoms with van der Waals surface area (Å²) in [6.45, 7) is 4.58. The molecule has 2 heteroatoms. The quantitative estimate of drug-likeness (QED) is 0.255. The molecule has 1 unspecified atom stereocenters. The zero-order valence-electron chi connectivity index (χ0n) is 12.6. The average Bonchev–Trinajstić information content (AvgIpc) is 2.36. The van der Waals surface area contributed by atoms with E-state index >= 15 is 0 Å². The molecule has 0 aromatic carbocycles. The van der Waals surface area contributed by atoms with Crippen LogP contribution in [0.5, 0.6) is 0 Å². The number of hydrogen-bond donors (Lipinski definition) is 0. The molecule has 0 aromatic heterocycles. The summed E-state index contributed by atoms with van der Waals surface area (Å²) in [4.78, 5) is 0. The first-order valence-electron chi connectivity index (χ1n) is 7.98. The zero-order chi connectivity index (χ0) is 13.5. The fourth-order valence-corrected chi connectivity index (χ4v) is 3.63. The van der Waals surface area contributed by atoms with Crippen molar-refractivity contribution in [3.05, 3.63) is 0 Å². The molecule has 0 spiro atoms. The Morgan fingerprint density at radius 3 is 1.83 bits per heavy atom. The lowest BCUT2D eigenvalue weighted by Crippen LogP contribution is -1.98. The van der Waals surface area contributed by atoms with Crippen molar-refractivity contribution in [3.63, 3.8) is 0 Å². The molecule has 0 heterocycles. The SMILES string of the molecule is CCCCCCCCCCCCSC(C)CCCl. The molecule has 0 N–H and O–H groups in total. The van der Waals surface area contributed by atoms with Gasteiger partial charge in [0.1, 0.15) is 0 Å². The van der Waals surface area contributed by atoms with Crippen LogP contribution in [0.4, 0.5) is 0 Å². The van der Waals surface area contributed by atoms with Crippen molar-refractivity contribution in [1.29, 1.82) is 0 Å². The minimum Gasteiger partial charge on any atom is -0.159 e. The van der Waals surface area contributed by atoms with Gasteiger partial charge in [0.05, 0.1) is 0 Å². The number of halogens is 1. The highest BCUT2D eigenvalue weighted by atomic mass is 35.5. The molecule has 0 aliphatic heterocycles. The van der Waals surface area contributed by atoms with Gasteiger partial charge in [-0.3, -0.25) is 0 Å². The molecule has 1 atom stereocenters. The molecule has 0 aliphatic rings. The van der Waals surface area contributed by atoms with E-state index in [-0.39, 0.29) is 0 Å². The molecule has 0 nitrogen and oxygen atoms in total. The molecule has 0 aromatic rings. The Kier molecular flexibility index (Phi) is 16.3. The number of unbranched alkanes of at least 4 members (excludes halogenated alkanes) is 9. The van der Waals surface area contributed by atoms with Crippen LogP contribution in [-0.4, -0.2) is 16.9 Å². The molecular formula is C16H33ClS. The maximum absolute atomic E-state index is 5.73. The van der Waals surface area contributed by atoms with Gasteiger partial charge in [0, 0.05) is 11.1 Å². The Morgan fingerprint density at radius 1 is 0.833 bits per heavy atom. The Labute approximate surface area is 125 Å². The van der Waals surface area contributed by atoms with E-state index < -0.39 is 0 Å². The third-order valence-corrected chi connectivity index (χ3v) is 4.96. The van der Waals surface area contributed by atoms with Gasteiger partial charge < -0.3 is 0 Å². The van der Waals surface area contributed by atoms with Crippen molar-refractivity contribution in [2.24, 2.45) is 0 Å². The van der Waals surface area contributed by atoms with Gasteiger partial charge in [0.2, 0.25) is 0 Å². The van der Waals surface area contributed by atoms with Gasteiger partial charge in [-0.25, -0.2) is 0 Å². The lowest BCUT2D eigenvalue weighted by atomic mass is 10.1. The molecule has 0 rings (SSSR count). The van der Waals surface area contributed by atoms with Gasteiger partial charge in [-0.2, -0.15) is 11.8 Å². The molecule has 0 aliphatic carbocycles. The van der Waals surface area contributed by atoms with Crippen LogP contribution in [0.3, 0.4) is 0 Å². The predicted octanol–water partition coefficient (Wildman–Crippen LogP) is 6.66. The number of hydrogen-bond acceptors (Lipinski definition) is 1. The van der Waals surface area contributed by atoms with E-state index in [4.69, 9.17) is 11.6 Å². The second kappa shape index (κ2) is 15.7. The molecular weight excluding hydrogens is 260 g/mol. The Hall–Kier alpha value is 0.640. The van der Waals surface area contributed by atoms with Crippen molar-refractivity contribution in [2.75, 3.05) is 11.6 Å². The summed E-state index contributed by atoms with van der Waals surface area (Å²) in [5.74, 6) is 2.14. The van der Waals surface area contributed by atoms with Crippen molar-refractivity contribution in [3.8, 4) is 0 Å². The molecule has 0 radical (unpaired) electrons. The van der Waals surface area contributed by atoms with Crippen molar-refractivity contribution < 1.29 is 0 Å². The van der Waals surface area contributed by atoms with Gasteiger partial charge in [-0.1, -0.05) is 71.6 Å². The van der Waals surface area contributed by atoms with E-state index in [1.165, 1.54) is 70.0 Å². The second-order valence-electron chi connectivity index (χ2n) is 5.34. The van der Waals surface area contributed by atoms with E-state index in [1.54, 1.807) is 0 Å². The van der Waals surface area contributed by atoms with E-state index in [0.29, 0.717) is 0 Å².